The van der Waals surface area contributed by atoms with Gasteiger partial charge in [-0.05, 0) is 38.5 Å². The second-order valence-corrected chi connectivity index (χ2v) is 15.8. The minimum atomic E-state index is -4.51. The average molecular weight is 749 g/mol. The van der Waals surface area contributed by atoms with E-state index >= 15 is 0 Å². The van der Waals surface area contributed by atoms with Crippen molar-refractivity contribution < 1.29 is 43.0 Å². The van der Waals surface area contributed by atoms with Crippen molar-refractivity contribution in [3.05, 3.63) is 12.2 Å². The van der Waals surface area contributed by atoms with Crippen molar-refractivity contribution in [3.8, 4) is 0 Å². The van der Waals surface area contributed by atoms with Gasteiger partial charge in [-0.2, -0.15) is 0 Å². The fourth-order valence-electron chi connectivity index (χ4n) is 5.94. The fraction of sp³-hybridized carbons (Fsp3) is 0.927. The molecular formula is C41H81O9P. The minimum absolute atomic E-state index is 0.0516. The summed E-state index contributed by atoms with van der Waals surface area (Å²) in [5, 5.41) is 18.3. The molecule has 0 aromatic rings. The topological polar surface area (TPSA) is 132 Å². The lowest BCUT2D eigenvalue weighted by molar-refractivity contribution is -0.154. The Bertz CT molecular complexity index is 810. The molecule has 0 radical (unpaired) electrons. The number of aliphatic hydroxyl groups is 2. The molecule has 0 heterocycles. The number of phosphoric acid groups is 1. The van der Waals surface area contributed by atoms with Crippen LogP contribution in [0.5, 0.6) is 0 Å². The number of ether oxygens (including phenoxy) is 2. The molecule has 3 N–H and O–H groups in total. The van der Waals surface area contributed by atoms with Crippen LogP contribution in [0.4, 0.5) is 0 Å². The molecule has 10 heteroatoms. The van der Waals surface area contributed by atoms with Crippen LogP contribution in [0.1, 0.15) is 200 Å². The predicted molar refractivity (Wildman–Crippen MR) is 210 cm³/mol. The van der Waals surface area contributed by atoms with E-state index in [2.05, 4.69) is 26.0 Å². The Morgan fingerprint density at radius 2 is 1.00 bits per heavy atom. The first-order valence-corrected chi connectivity index (χ1v) is 22.7. The normalized spacial score (nSPS) is 14.2. The number of esters is 1. The quantitative estimate of drug-likeness (QED) is 0.0242. The highest BCUT2D eigenvalue weighted by atomic mass is 31.2. The zero-order chi connectivity index (χ0) is 37.5. The summed E-state index contributed by atoms with van der Waals surface area (Å²) in [6.45, 7) is 3.53. The summed E-state index contributed by atoms with van der Waals surface area (Å²) in [5.74, 6) is -0.388. The Kier molecular flexibility index (Phi) is 38.3. The van der Waals surface area contributed by atoms with E-state index < -0.39 is 33.2 Å². The van der Waals surface area contributed by atoms with Gasteiger partial charge in [0, 0.05) is 13.0 Å². The Balaban J connectivity index is 4.16. The number of unbranched alkanes of at least 4 members (excludes halogenated alkanes) is 25. The molecule has 9 nitrogen and oxygen atoms in total. The SMILES string of the molecule is CCCCCCC/C=C\CCCCCCCC(=O)O[C@H](COCCCCCCCCCCCCCCCCCC)COP(=O)(O)OC[C@@H](O)CO. The molecule has 0 amide bonds. The zero-order valence-corrected chi connectivity index (χ0v) is 34.0. The highest BCUT2D eigenvalue weighted by Crippen LogP contribution is 2.43. The molecule has 304 valence electrons. The maximum atomic E-state index is 12.6. The standard InChI is InChI=1S/C41H81O9P/c1-3-5-7-9-11-13-15-17-19-20-22-24-26-28-30-32-34-47-37-40(38-49-51(45,46)48-36-39(43)35-42)50-41(44)33-31-29-27-25-23-21-18-16-14-12-10-8-6-4-2/h16,18,39-40,42-43H,3-15,17,19-38H2,1-2H3,(H,45,46)/b18-16-/t39-,40+/m0/s1. The summed E-state index contributed by atoms with van der Waals surface area (Å²) >= 11 is 0. The van der Waals surface area contributed by atoms with Crippen LogP contribution in [0, 0.1) is 0 Å². The molecule has 0 saturated heterocycles. The third-order valence-electron chi connectivity index (χ3n) is 9.20. The third-order valence-corrected chi connectivity index (χ3v) is 10.2. The van der Waals surface area contributed by atoms with E-state index in [4.69, 9.17) is 23.6 Å². The number of carbonyl (C=O) groups excluding carboxylic acids is 1. The van der Waals surface area contributed by atoms with Gasteiger partial charge in [0.05, 0.1) is 26.4 Å². The van der Waals surface area contributed by atoms with Gasteiger partial charge in [0.1, 0.15) is 12.2 Å². The van der Waals surface area contributed by atoms with Crippen molar-refractivity contribution in [2.75, 3.05) is 33.0 Å². The number of phosphoric ester groups is 1. The van der Waals surface area contributed by atoms with Crippen LogP contribution in [0.15, 0.2) is 12.2 Å². The van der Waals surface area contributed by atoms with Gasteiger partial charge in [0.25, 0.3) is 0 Å². The molecule has 1 unspecified atom stereocenters. The Morgan fingerprint density at radius 3 is 1.47 bits per heavy atom. The van der Waals surface area contributed by atoms with Crippen LogP contribution in [0.25, 0.3) is 0 Å². The zero-order valence-electron chi connectivity index (χ0n) is 33.1. The Morgan fingerprint density at radius 1 is 0.588 bits per heavy atom. The van der Waals surface area contributed by atoms with Crippen molar-refractivity contribution in [2.24, 2.45) is 0 Å². The lowest BCUT2D eigenvalue weighted by Gasteiger charge is -2.20. The van der Waals surface area contributed by atoms with Gasteiger partial charge in [-0.1, -0.05) is 167 Å². The highest BCUT2D eigenvalue weighted by Gasteiger charge is 2.26. The van der Waals surface area contributed by atoms with Crippen LogP contribution < -0.4 is 0 Å². The number of hydrogen-bond donors (Lipinski definition) is 3. The molecule has 0 aromatic heterocycles. The van der Waals surface area contributed by atoms with E-state index in [9.17, 15) is 19.4 Å². The number of carbonyl (C=O) groups is 1. The smallest absolute Gasteiger partial charge is 0.457 e. The van der Waals surface area contributed by atoms with E-state index in [1.54, 1.807) is 0 Å². The molecule has 51 heavy (non-hydrogen) atoms. The summed E-state index contributed by atoms with van der Waals surface area (Å²) in [4.78, 5) is 22.5. The first kappa shape index (κ1) is 50.2. The van der Waals surface area contributed by atoms with E-state index in [1.807, 2.05) is 0 Å². The Labute approximate surface area is 313 Å². The van der Waals surface area contributed by atoms with Gasteiger partial charge in [-0.15, -0.1) is 0 Å². The maximum Gasteiger partial charge on any atom is 0.472 e. The number of allylic oxidation sites excluding steroid dienone is 2. The first-order valence-electron chi connectivity index (χ1n) is 21.2. The summed E-state index contributed by atoms with van der Waals surface area (Å²) in [5.41, 5.74) is 0. The molecule has 3 atom stereocenters. The van der Waals surface area contributed by atoms with Crippen molar-refractivity contribution in [3.63, 3.8) is 0 Å². The van der Waals surface area contributed by atoms with E-state index in [0.29, 0.717) is 6.61 Å². The first-order chi connectivity index (χ1) is 24.8. The highest BCUT2D eigenvalue weighted by molar-refractivity contribution is 7.47. The summed E-state index contributed by atoms with van der Waals surface area (Å²) in [6.07, 6.45) is 37.3. The number of rotatable bonds is 41. The van der Waals surface area contributed by atoms with Gasteiger partial charge in [0.2, 0.25) is 0 Å². The molecule has 0 aliphatic rings. The molecule has 0 fully saturated rings. The maximum absolute atomic E-state index is 12.6. The van der Waals surface area contributed by atoms with Crippen LogP contribution in [0.2, 0.25) is 0 Å². The summed E-state index contributed by atoms with van der Waals surface area (Å²) in [7, 11) is -4.51. The van der Waals surface area contributed by atoms with Crippen molar-refractivity contribution >= 4 is 13.8 Å². The molecule has 0 aliphatic carbocycles. The molecule has 0 saturated carbocycles. The molecule has 0 bridgehead atoms. The van der Waals surface area contributed by atoms with Gasteiger partial charge in [0.15, 0.2) is 0 Å². The number of hydrogen-bond acceptors (Lipinski definition) is 8. The molecule has 0 aliphatic heterocycles. The third kappa shape index (κ3) is 38.7. The van der Waals surface area contributed by atoms with Crippen LogP contribution in [0.3, 0.4) is 0 Å². The van der Waals surface area contributed by atoms with E-state index in [-0.39, 0.29) is 25.6 Å². The molecule has 0 aromatic carbocycles. The number of aliphatic hydroxyl groups excluding tert-OH is 2. The lowest BCUT2D eigenvalue weighted by atomic mass is 10.0. The predicted octanol–water partition coefficient (Wildman–Crippen LogP) is 11.3. The minimum Gasteiger partial charge on any atom is -0.457 e. The van der Waals surface area contributed by atoms with Gasteiger partial charge >= 0.3 is 13.8 Å². The monoisotopic (exact) mass is 749 g/mol. The van der Waals surface area contributed by atoms with Crippen LogP contribution in [-0.4, -0.2) is 66.3 Å². The van der Waals surface area contributed by atoms with Crippen LogP contribution in [-0.2, 0) is 27.9 Å². The fourth-order valence-corrected chi connectivity index (χ4v) is 6.73. The average Bonchev–Trinajstić information content (AvgIpc) is 3.12. The lowest BCUT2D eigenvalue weighted by Crippen LogP contribution is -2.29. The molecule has 0 spiro atoms. The largest absolute Gasteiger partial charge is 0.472 e. The second-order valence-electron chi connectivity index (χ2n) is 14.4. The second kappa shape index (κ2) is 38.9. The van der Waals surface area contributed by atoms with E-state index in [1.165, 1.54) is 128 Å². The van der Waals surface area contributed by atoms with Gasteiger partial charge < -0.3 is 24.6 Å². The van der Waals surface area contributed by atoms with Gasteiger partial charge in [-0.3, -0.25) is 13.8 Å². The van der Waals surface area contributed by atoms with E-state index in [0.717, 1.165) is 51.4 Å². The molecule has 0 rings (SSSR count). The van der Waals surface area contributed by atoms with Gasteiger partial charge in [-0.25, -0.2) is 4.57 Å². The van der Waals surface area contributed by atoms with Crippen molar-refractivity contribution in [2.45, 2.75) is 212 Å². The molecular weight excluding hydrogens is 667 g/mol. The Hall–Kier alpha value is -0.800. The summed E-state index contributed by atoms with van der Waals surface area (Å²) < 4.78 is 33.3. The van der Waals surface area contributed by atoms with Crippen molar-refractivity contribution in [1.82, 2.24) is 0 Å². The van der Waals surface area contributed by atoms with Crippen molar-refractivity contribution in [1.29, 1.82) is 0 Å². The van der Waals surface area contributed by atoms with Crippen LogP contribution >= 0.6 is 7.82 Å². The summed E-state index contributed by atoms with van der Waals surface area (Å²) in [6, 6.07) is 0.